The maximum atomic E-state index is 13.1. The van der Waals surface area contributed by atoms with Crippen LogP contribution < -0.4 is 0 Å². The zero-order valence-corrected chi connectivity index (χ0v) is 14.6. The van der Waals surface area contributed by atoms with Crippen LogP contribution in [0.1, 0.15) is 45.0 Å². The third-order valence-electron chi connectivity index (χ3n) is 4.59. The summed E-state index contributed by atoms with van der Waals surface area (Å²) in [6.07, 6.45) is 0.403. The average molecular weight is 330 g/mol. The van der Waals surface area contributed by atoms with Crippen LogP contribution in [0.3, 0.4) is 0 Å². The highest BCUT2D eigenvalue weighted by Gasteiger charge is 2.21. The van der Waals surface area contributed by atoms with Crippen molar-refractivity contribution in [3.63, 3.8) is 0 Å². The molecule has 3 aromatic rings. The molecule has 0 heterocycles. The van der Waals surface area contributed by atoms with Crippen LogP contribution in [-0.4, -0.2) is 10.9 Å². The molecule has 126 valence electrons. The molecule has 0 atom stereocenters. The van der Waals surface area contributed by atoms with Crippen LogP contribution in [0.25, 0.3) is 0 Å². The van der Waals surface area contributed by atoms with Crippen LogP contribution in [0.2, 0.25) is 0 Å². The molecule has 0 amide bonds. The second-order valence-electron chi connectivity index (χ2n) is 6.46. The molecule has 1 N–H and O–H groups in total. The summed E-state index contributed by atoms with van der Waals surface area (Å²) in [5.74, 6) is 0.324. The molecule has 0 unspecified atom stereocenters. The van der Waals surface area contributed by atoms with E-state index in [0.717, 1.165) is 27.8 Å². The van der Waals surface area contributed by atoms with Gasteiger partial charge in [-0.2, -0.15) is 0 Å². The molecule has 2 nitrogen and oxygen atoms in total. The fourth-order valence-corrected chi connectivity index (χ4v) is 3.47. The summed E-state index contributed by atoms with van der Waals surface area (Å²) in [7, 11) is 0. The van der Waals surface area contributed by atoms with Gasteiger partial charge >= 0.3 is 0 Å². The van der Waals surface area contributed by atoms with Crippen molar-refractivity contribution in [2.75, 3.05) is 0 Å². The first-order valence-corrected chi connectivity index (χ1v) is 8.49. The van der Waals surface area contributed by atoms with Gasteiger partial charge in [-0.15, -0.1) is 0 Å². The zero-order valence-electron chi connectivity index (χ0n) is 14.6. The Labute approximate surface area is 148 Å². The molecule has 0 radical (unpaired) electrons. The standard InChI is InChI=1S/C23H22O2/c1-16-13-20(24)14-17(2)23(16)22(25)15-21(18-9-5-3-6-10-18)19-11-7-4-8-12-19/h3-14,21,24H,15H2,1-2H3. The van der Waals surface area contributed by atoms with Crippen molar-refractivity contribution in [3.05, 3.63) is 101 Å². The average Bonchev–Trinajstić information content (AvgIpc) is 2.60. The predicted molar refractivity (Wildman–Crippen MR) is 101 cm³/mol. The molecule has 0 fully saturated rings. The van der Waals surface area contributed by atoms with Gasteiger partial charge in [0.05, 0.1) is 0 Å². The van der Waals surface area contributed by atoms with Gasteiger partial charge in [0, 0.05) is 17.9 Å². The fourth-order valence-electron chi connectivity index (χ4n) is 3.47. The molecule has 0 bridgehead atoms. The van der Waals surface area contributed by atoms with E-state index in [1.807, 2.05) is 50.2 Å². The number of aromatic hydroxyl groups is 1. The first-order chi connectivity index (χ1) is 12.1. The minimum atomic E-state index is 0.0162. The number of phenols is 1. The van der Waals surface area contributed by atoms with Gasteiger partial charge in [-0.1, -0.05) is 60.7 Å². The van der Waals surface area contributed by atoms with Crippen molar-refractivity contribution in [1.82, 2.24) is 0 Å². The summed E-state index contributed by atoms with van der Waals surface area (Å²) >= 11 is 0. The summed E-state index contributed by atoms with van der Waals surface area (Å²) in [5.41, 5.74) is 4.63. The Kier molecular flexibility index (Phi) is 4.99. The van der Waals surface area contributed by atoms with Gasteiger partial charge in [-0.05, 0) is 48.2 Å². The van der Waals surface area contributed by atoms with Crippen LogP contribution in [0, 0.1) is 13.8 Å². The Morgan fingerprint density at radius 2 is 1.28 bits per heavy atom. The van der Waals surface area contributed by atoms with Crippen LogP contribution in [0.4, 0.5) is 0 Å². The third kappa shape index (κ3) is 3.80. The van der Waals surface area contributed by atoms with E-state index in [2.05, 4.69) is 24.3 Å². The first-order valence-electron chi connectivity index (χ1n) is 8.49. The molecule has 0 spiro atoms. The largest absolute Gasteiger partial charge is 0.508 e. The summed E-state index contributed by atoms with van der Waals surface area (Å²) < 4.78 is 0. The number of carbonyl (C=O) groups is 1. The summed E-state index contributed by atoms with van der Waals surface area (Å²) in [4.78, 5) is 13.1. The molecular formula is C23H22O2. The lowest BCUT2D eigenvalue weighted by Crippen LogP contribution is -2.11. The number of aryl methyl sites for hydroxylation is 2. The zero-order chi connectivity index (χ0) is 17.8. The predicted octanol–water partition coefficient (Wildman–Crippen LogP) is 5.41. The summed E-state index contributed by atoms with van der Waals surface area (Å²) in [6, 6.07) is 23.6. The van der Waals surface area contributed by atoms with Gasteiger partial charge < -0.3 is 5.11 Å². The van der Waals surface area contributed by atoms with Gasteiger partial charge in [-0.3, -0.25) is 4.79 Å². The fraction of sp³-hybridized carbons (Fsp3) is 0.174. The molecule has 0 aliphatic rings. The van der Waals surface area contributed by atoms with E-state index in [4.69, 9.17) is 0 Å². The van der Waals surface area contributed by atoms with E-state index in [1.54, 1.807) is 12.1 Å². The number of benzene rings is 3. The second-order valence-corrected chi connectivity index (χ2v) is 6.46. The Morgan fingerprint density at radius 1 is 0.840 bits per heavy atom. The molecule has 25 heavy (non-hydrogen) atoms. The smallest absolute Gasteiger partial charge is 0.164 e. The van der Waals surface area contributed by atoms with E-state index in [0.29, 0.717) is 6.42 Å². The Bertz CT molecular complexity index is 805. The molecular weight excluding hydrogens is 308 g/mol. The highest BCUT2D eigenvalue weighted by atomic mass is 16.3. The number of ketones is 1. The molecule has 2 heteroatoms. The normalized spacial score (nSPS) is 10.8. The summed E-state index contributed by atoms with van der Waals surface area (Å²) in [6.45, 7) is 3.75. The van der Waals surface area contributed by atoms with Crippen LogP contribution in [0.15, 0.2) is 72.8 Å². The van der Waals surface area contributed by atoms with E-state index in [1.165, 1.54) is 0 Å². The molecule has 0 aliphatic heterocycles. The van der Waals surface area contributed by atoms with E-state index in [-0.39, 0.29) is 17.5 Å². The number of rotatable bonds is 5. The van der Waals surface area contributed by atoms with Crippen molar-refractivity contribution >= 4 is 5.78 Å². The van der Waals surface area contributed by atoms with Crippen molar-refractivity contribution in [1.29, 1.82) is 0 Å². The Balaban J connectivity index is 1.98. The van der Waals surface area contributed by atoms with Crippen LogP contribution >= 0.6 is 0 Å². The molecule has 3 aromatic carbocycles. The lowest BCUT2D eigenvalue weighted by molar-refractivity contribution is 0.0976. The van der Waals surface area contributed by atoms with Crippen LogP contribution in [-0.2, 0) is 0 Å². The van der Waals surface area contributed by atoms with Gasteiger partial charge in [0.1, 0.15) is 5.75 Å². The highest BCUT2D eigenvalue weighted by Crippen LogP contribution is 2.31. The van der Waals surface area contributed by atoms with Gasteiger partial charge in [0.15, 0.2) is 5.78 Å². The van der Waals surface area contributed by atoms with Crippen LogP contribution in [0.5, 0.6) is 5.75 Å². The lowest BCUT2D eigenvalue weighted by atomic mass is 9.84. The topological polar surface area (TPSA) is 37.3 Å². The minimum Gasteiger partial charge on any atom is -0.508 e. The second kappa shape index (κ2) is 7.35. The van der Waals surface area contributed by atoms with E-state index >= 15 is 0 Å². The van der Waals surface area contributed by atoms with E-state index in [9.17, 15) is 9.90 Å². The van der Waals surface area contributed by atoms with Crippen molar-refractivity contribution in [2.24, 2.45) is 0 Å². The lowest BCUT2D eigenvalue weighted by Gasteiger charge is -2.19. The van der Waals surface area contributed by atoms with Gasteiger partial charge in [-0.25, -0.2) is 0 Å². The number of hydrogen-bond acceptors (Lipinski definition) is 2. The Morgan fingerprint density at radius 3 is 1.72 bits per heavy atom. The Hall–Kier alpha value is -2.87. The van der Waals surface area contributed by atoms with Crippen molar-refractivity contribution in [3.8, 4) is 5.75 Å². The van der Waals surface area contributed by atoms with Gasteiger partial charge in [0.25, 0.3) is 0 Å². The molecule has 0 aliphatic carbocycles. The number of hydrogen-bond donors (Lipinski definition) is 1. The minimum absolute atomic E-state index is 0.0162. The van der Waals surface area contributed by atoms with E-state index < -0.39 is 0 Å². The van der Waals surface area contributed by atoms with Crippen molar-refractivity contribution < 1.29 is 9.90 Å². The quantitative estimate of drug-likeness (QED) is 0.635. The molecule has 3 rings (SSSR count). The number of Topliss-reactive ketones (excluding diaryl/α,β-unsaturated/α-hetero) is 1. The monoisotopic (exact) mass is 330 g/mol. The molecule has 0 saturated heterocycles. The number of carbonyl (C=O) groups excluding carboxylic acids is 1. The van der Waals surface area contributed by atoms with Gasteiger partial charge in [0.2, 0.25) is 0 Å². The maximum Gasteiger partial charge on any atom is 0.164 e. The van der Waals surface area contributed by atoms with Crippen molar-refractivity contribution in [2.45, 2.75) is 26.2 Å². The first kappa shape index (κ1) is 17.0. The maximum absolute atomic E-state index is 13.1. The molecule has 0 saturated carbocycles. The highest BCUT2D eigenvalue weighted by molar-refractivity contribution is 5.99. The summed E-state index contributed by atoms with van der Waals surface area (Å²) in [5, 5.41) is 9.73. The number of phenolic OH excluding ortho intramolecular Hbond substituents is 1. The molecule has 0 aromatic heterocycles. The third-order valence-corrected chi connectivity index (χ3v) is 4.59. The SMILES string of the molecule is Cc1cc(O)cc(C)c1C(=O)CC(c1ccccc1)c1ccccc1.